The van der Waals surface area contributed by atoms with Crippen LogP contribution in [0.5, 0.6) is 0 Å². The number of hydrogen-bond donors (Lipinski definition) is 1. The summed E-state index contributed by atoms with van der Waals surface area (Å²) in [7, 11) is 0. The van der Waals surface area contributed by atoms with Crippen molar-refractivity contribution in [3.63, 3.8) is 0 Å². The molecule has 1 saturated carbocycles. The topological polar surface area (TPSA) is 29.3 Å². The van der Waals surface area contributed by atoms with Gasteiger partial charge in [0.05, 0.1) is 0 Å². The maximum absolute atomic E-state index is 6.06. The van der Waals surface area contributed by atoms with E-state index in [4.69, 9.17) is 5.73 Å². The molecule has 1 aliphatic heterocycles. The van der Waals surface area contributed by atoms with E-state index in [9.17, 15) is 0 Å². The minimum atomic E-state index is 0.242. The Labute approximate surface area is 94.2 Å². The molecule has 2 aliphatic rings. The molecule has 3 atom stereocenters. The number of rotatable bonds is 3. The maximum Gasteiger partial charge on any atom is 0.0357 e. The predicted octanol–water partition coefficient (Wildman–Crippen LogP) is 2.09. The van der Waals surface area contributed by atoms with E-state index in [2.05, 4.69) is 32.6 Å². The molecule has 1 saturated heterocycles. The highest BCUT2D eigenvalue weighted by atomic mass is 15.2. The van der Waals surface area contributed by atoms with Gasteiger partial charge in [-0.05, 0) is 37.0 Å². The summed E-state index contributed by atoms with van der Waals surface area (Å²) >= 11 is 0. The van der Waals surface area contributed by atoms with E-state index in [1.54, 1.807) is 0 Å². The van der Waals surface area contributed by atoms with Crippen molar-refractivity contribution in [2.45, 2.75) is 46.1 Å². The van der Waals surface area contributed by atoms with Gasteiger partial charge in [-0.2, -0.15) is 0 Å². The lowest BCUT2D eigenvalue weighted by atomic mass is 9.82. The second-order valence-electron chi connectivity index (χ2n) is 6.40. The molecule has 0 aromatic rings. The van der Waals surface area contributed by atoms with Crippen molar-refractivity contribution < 1.29 is 0 Å². The standard InChI is InChI=1S/C13H26N2/c1-10-7-15(8-11(10)2)13(4,9-14)12(3)5-6-12/h10-11H,5-9,14H2,1-4H3. The summed E-state index contributed by atoms with van der Waals surface area (Å²) in [4.78, 5) is 2.66. The Morgan fingerprint density at radius 1 is 1.27 bits per heavy atom. The number of likely N-dealkylation sites (tertiary alicyclic amines) is 1. The molecule has 0 amide bonds. The van der Waals surface area contributed by atoms with E-state index in [1.807, 2.05) is 0 Å². The molecule has 2 rings (SSSR count). The van der Waals surface area contributed by atoms with Crippen LogP contribution in [0.4, 0.5) is 0 Å². The second kappa shape index (κ2) is 3.46. The quantitative estimate of drug-likeness (QED) is 0.773. The first kappa shape index (κ1) is 11.4. The fourth-order valence-electron chi connectivity index (χ4n) is 3.02. The van der Waals surface area contributed by atoms with Crippen LogP contribution < -0.4 is 5.73 Å². The zero-order valence-corrected chi connectivity index (χ0v) is 10.7. The van der Waals surface area contributed by atoms with Crippen LogP contribution in [0, 0.1) is 17.3 Å². The first-order valence-corrected chi connectivity index (χ1v) is 6.38. The van der Waals surface area contributed by atoms with Crippen molar-refractivity contribution in [3.8, 4) is 0 Å². The van der Waals surface area contributed by atoms with Crippen molar-refractivity contribution in [3.05, 3.63) is 0 Å². The molecule has 0 bridgehead atoms. The van der Waals surface area contributed by atoms with E-state index in [-0.39, 0.29) is 5.54 Å². The van der Waals surface area contributed by atoms with Gasteiger partial charge in [0.1, 0.15) is 0 Å². The van der Waals surface area contributed by atoms with Crippen LogP contribution in [-0.4, -0.2) is 30.1 Å². The molecule has 0 spiro atoms. The largest absolute Gasteiger partial charge is 0.329 e. The third-order valence-corrected chi connectivity index (χ3v) is 5.38. The lowest BCUT2D eigenvalue weighted by molar-refractivity contribution is 0.0657. The van der Waals surface area contributed by atoms with Gasteiger partial charge in [-0.25, -0.2) is 0 Å². The Morgan fingerprint density at radius 3 is 2.07 bits per heavy atom. The third kappa shape index (κ3) is 1.62. The Morgan fingerprint density at radius 2 is 1.73 bits per heavy atom. The monoisotopic (exact) mass is 210 g/mol. The predicted molar refractivity (Wildman–Crippen MR) is 64.7 cm³/mol. The van der Waals surface area contributed by atoms with Gasteiger partial charge >= 0.3 is 0 Å². The van der Waals surface area contributed by atoms with Crippen LogP contribution in [0.3, 0.4) is 0 Å². The van der Waals surface area contributed by atoms with Crippen molar-refractivity contribution in [1.82, 2.24) is 4.90 Å². The molecule has 2 heteroatoms. The molecular weight excluding hydrogens is 184 g/mol. The molecule has 15 heavy (non-hydrogen) atoms. The summed E-state index contributed by atoms with van der Waals surface area (Å²) in [6.45, 7) is 12.8. The van der Waals surface area contributed by atoms with Crippen molar-refractivity contribution in [2.24, 2.45) is 23.0 Å². The molecule has 3 unspecified atom stereocenters. The zero-order valence-electron chi connectivity index (χ0n) is 10.7. The van der Waals surface area contributed by atoms with Crippen LogP contribution in [-0.2, 0) is 0 Å². The second-order valence-corrected chi connectivity index (χ2v) is 6.40. The van der Waals surface area contributed by atoms with Crippen molar-refractivity contribution in [1.29, 1.82) is 0 Å². The fraction of sp³-hybridized carbons (Fsp3) is 1.00. The summed E-state index contributed by atoms with van der Waals surface area (Å²) in [5, 5.41) is 0. The molecule has 1 heterocycles. The average molecular weight is 210 g/mol. The highest BCUT2D eigenvalue weighted by Crippen LogP contribution is 2.56. The summed E-state index contributed by atoms with van der Waals surface area (Å²) in [5.41, 5.74) is 6.80. The smallest absolute Gasteiger partial charge is 0.0357 e. The average Bonchev–Trinajstić information content (AvgIpc) is 2.86. The summed E-state index contributed by atoms with van der Waals surface area (Å²) in [6.07, 6.45) is 2.72. The normalized spacial score (nSPS) is 39.0. The van der Waals surface area contributed by atoms with Crippen LogP contribution >= 0.6 is 0 Å². The lowest BCUT2D eigenvalue weighted by Gasteiger charge is -2.44. The van der Waals surface area contributed by atoms with Crippen LogP contribution in [0.1, 0.15) is 40.5 Å². The molecular formula is C13H26N2. The molecule has 1 aliphatic carbocycles. The first-order chi connectivity index (χ1) is 6.93. The van der Waals surface area contributed by atoms with Gasteiger partial charge in [0.15, 0.2) is 0 Å². The Bertz CT molecular complexity index is 237. The van der Waals surface area contributed by atoms with Gasteiger partial charge in [-0.1, -0.05) is 20.8 Å². The van der Waals surface area contributed by atoms with E-state index in [1.165, 1.54) is 25.9 Å². The van der Waals surface area contributed by atoms with Gasteiger partial charge in [0.2, 0.25) is 0 Å². The zero-order chi connectivity index (χ0) is 11.3. The molecule has 88 valence electrons. The van der Waals surface area contributed by atoms with Gasteiger partial charge in [0, 0.05) is 25.2 Å². The molecule has 0 radical (unpaired) electrons. The van der Waals surface area contributed by atoms with E-state index in [0.717, 1.165) is 18.4 Å². The Kier molecular flexibility index (Phi) is 2.63. The summed E-state index contributed by atoms with van der Waals surface area (Å²) < 4.78 is 0. The molecule has 2 nitrogen and oxygen atoms in total. The number of hydrogen-bond acceptors (Lipinski definition) is 2. The highest BCUT2D eigenvalue weighted by molar-refractivity contribution is 5.11. The number of nitrogens with zero attached hydrogens (tertiary/aromatic N) is 1. The Balaban J connectivity index is 2.14. The van der Waals surface area contributed by atoms with Crippen molar-refractivity contribution in [2.75, 3.05) is 19.6 Å². The van der Waals surface area contributed by atoms with E-state index >= 15 is 0 Å². The minimum absolute atomic E-state index is 0.242. The molecule has 2 N–H and O–H groups in total. The van der Waals surface area contributed by atoms with Gasteiger partial charge in [0.25, 0.3) is 0 Å². The third-order valence-electron chi connectivity index (χ3n) is 5.38. The van der Waals surface area contributed by atoms with E-state index in [0.29, 0.717) is 5.41 Å². The van der Waals surface area contributed by atoms with Crippen LogP contribution in [0.2, 0.25) is 0 Å². The van der Waals surface area contributed by atoms with Gasteiger partial charge in [-0.3, -0.25) is 4.90 Å². The maximum atomic E-state index is 6.06. The van der Waals surface area contributed by atoms with Crippen LogP contribution in [0.25, 0.3) is 0 Å². The molecule has 2 fully saturated rings. The molecule has 0 aromatic carbocycles. The highest BCUT2D eigenvalue weighted by Gasteiger charge is 2.56. The lowest BCUT2D eigenvalue weighted by Crippen LogP contribution is -2.56. The number of nitrogens with two attached hydrogens (primary N) is 1. The summed E-state index contributed by atoms with van der Waals surface area (Å²) in [5.74, 6) is 1.66. The van der Waals surface area contributed by atoms with Gasteiger partial charge < -0.3 is 5.73 Å². The van der Waals surface area contributed by atoms with E-state index < -0.39 is 0 Å². The minimum Gasteiger partial charge on any atom is -0.329 e. The van der Waals surface area contributed by atoms with Gasteiger partial charge in [-0.15, -0.1) is 0 Å². The van der Waals surface area contributed by atoms with Crippen LogP contribution in [0.15, 0.2) is 0 Å². The Hall–Kier alpha value is -0.0800. The summed E-state index contributed by atoms with van der Waals surface area (Å²) in [6, 6.07) is 0. The first-order valence-electron chi connectivity index (χ1n) is 6.38. The SMILES string of the molecule is CC1CN(C(C)(CN)C2(C)CC2)CC1C. The fourth-order valence-corrected chi connectivity index (χ4v) is 3.02. The van der Waals surface area contributed by atoms with Crippen molar-refractivity contribution >= 4 is 0 Å². The molecule has 0 aromatic heterocycles.